The molecular weight excluding hydrogens is 362 g/mol. The Bertz CT molecular complexity index is 967. The molecule has 144 valence electrons. The highest BCUT2D eigenvalue weighted by Gasteiger charge is 2.26. The minimum absolute atomic E-state index is 0.247. The third kappa shape index (κ3) is 3.74. The molecule has 0 bridgehead atoms. The van der Waals surface area contributed by atoms with Crippen molar-refractivity contribution in [2.24, 2.45) is 0 Å². The molecule has 28 heavy (non-hydrogen) atoms. The van der Waals surface area contributed by atoms with Gasteiger partial charge in [0.1, 0.15) is 17.3 Å². The van der Waals surface area contributed by atoms with Gasteiger partial charge in [0.25, 0.3) is 0 Å². The Balaban J connectivity index is 1.48. The first-order valence-corrected chi connectivity index (χ1v) is 9.22. The van der Waals surface area contributed by atoms with Crippen molar-refractivity contribution < 1.29 is 13.6 Å². The molecule has 1 aliphatic rings. The zero-order valence-electron chi connectivity index (χ0n) is 15.2. The van der Waals surface area contributed by atoms with Crippen LogP contribution in [0, 0.1) is 11.6 Å². The van der Waals surface area contributed by atoms with Crippen LogP contribution in [0.4, 0.5) is 19.3 Å². The van der Waals surface area contributed by atoms with Gasteiger partial charge in [-0.2, -0.15) is 5.10 Å². The van der Waals surface area contributed by atoms with Gasteiger partial charge in [-0.1, -0.05) is 36.4 Å². The van der Waals surface area contributed by atoms with Gasteiger partial charge in [-0.05, 0) is 37.0 Å². The van der Waals surface area contributed by atoms with Crippen molar-refractivity contribution in [1.29, 1.82) is 0 Å². The smallest absolute Gasteiger partial charge is 0.319 e. The van der Waals surface area contributed by atoms with Crippen LogP contribution >= 0.6 is 0 Å². The number of fused-ring (bicyclic) bond motifs is 1. The standard InChI is InChI=1S/C21H20F2N4O/c22-16-8-4-9-17(23)20(16)26-21(28)25-18-10-5-11-19-15(18)12-24-27(19)13-14-6-2-1-3-7-14/h1-4,6-9,12,18H,5,10-11,13H2,(H2,25,26,28). The van der Waals surface area contributed by atoms with E-state index in [-0.39, 0.29) is 6.04 Å². The van der Waals surface area contributed by atoms with Crippen LogP contribution < -0.4 is 10.6 Å². The molecule has 4 rings (SSSR count). The molecule has 0 spiro atoms. The van der Waals surface area contributed by atoms with Crippen LogP contribution in [-0.4, -0.2) is 15.8 Å². The summed E-state index contributed by atoms with van der Waals surface area (Å²) in [6.45, 7) is 0.662. The Hall–Kier alpha value is -3.22. The number of hydrogen-bond donors (Lipinski definition) is 2. The first-order valence-electron chi connectivity index (χ1n) is 9.22. The van der Waals surface area contributed by atoms with Gasteiger partial charge in [-0.3, -0.25) is 4.68 Å². The third-order valence-electron chi connectivity index (χ3n) is 4.94. The van der Waals surface area contributed by atoms with Crippen molar-refractivity contribution in [3.63, 3.8) is 0 Å². The Morgan fingerprint density at radius 2 is 1.86 bits per heavy atom. The summed E-state index contributed by atoms with van der Waals surface area (Å²) in [6.07, 6.45) is 4.29. The molecule has 1 atom stereocenters. The number of anilines is 1. The molecule has 0 fully saturated rings. The number of aromatic nitrogens is 2. The van der Waals surface area contributed by atoms with Gasteiger partial charge in [0.05, 0.1) is 18.8 Å². The zero-order chi connectivity index (χ0) is 19.5. The number of rotatable bonds is 4. The van der Waals surface area contributed by atoms with Crippen LogP contribution in [-0.2, 0) is 13.0 Å². The van der Waals surface area contributed by atoms with Gasteiger partial charge in [0.15, 0.2) is 0 Å². The van der Waals surface area contributed by atoms with E-state index in [4.69, 9.17) is 0 Å². The Morgan fingerprint density at radius 3 is 2.61 bits per heavy atom. The summed E-state index contributed by atoms with van der Waals surface area (Å²) in [5.74, 6) is -1.62. The lowest BCUT2D eigenvalue weighted by atomic mass is 9.93. The van der Waals surface area contributed by atoms with Gasteiger partial charge in [-0.25, -0.2) is 13.6 Å². The molecule has 1 aromatic heterocycles. The van der Waals surface area contributed by atoms with Crippen molar-refractivity contribution >= 4 is 11.7 Å². The molecule has 7 heteroatoms. The average molecular weight is 382 g/mol. The van der Waals surface area contributed by atoms with E-state index in [1.54, 1.807) is 6.20 Å². The lowest BCUT2D eigenvalue weighted by Crippen LogP contribution is -2.34. The maximum Gasteiger partial charge on any atom is 0.319 e. The van der Waals surface area contributed by atoms with Gasteiger partial charge >= 0.3 is 6.03 Å². The summed E-state index contributed by atoms with van der Waals surface area (Å²) in [5, 5.41) is 9.58. The number of amides is 2. The predicted octanol–water partition coefficient (Wildman–Crippen LogP) is 4.41. The fourth-order valence-corrected chi connectivity index (χ4v) is 3.59. The molecule has 0 saturated heterocycles. The van der Waals surface area contributed by atoms with E-state index in [9.17, 15) is 13.6 Å². The maximum absolute atomic E-state index is 13.7. The number of hydrogen-bond acceptors (Lipinski definition) is 2. The molecule has 1 unspecified atom stereocenters. The van der Waals surface area contributed by atoms with E-state index in [0.717, 1.165) is 48.2 Å². The normalized spacial score (nSPS) is 15.7. The molecule has 0 aliphatic heterocycles. The van der Waals surface area contributed by atoms with E-state index in [2.05, 4.69) is 15.7 Å². The summed E-state index contributed by atoms with van der Waals surface area (Å²) < 4.78 is 29.4. The highest BCUT2D eigenvalue weighted by atomic mass is 19.1. The van der Waals surface area contributed by atoms with Gasteiger partial charge in [-0.15, -0.1) is 0 Å². The van der Waals surface area contributed by atoms with Crippen LogP contribution in [0.25, 0.3) is 0 Å². The van der Waals surface area contributed by atoms with Crippen LogP contribution in [0.3, 0.4) is 0 Å². The number of halogens is 2. The highest BCUT2D eigenvalue weighted by Crippen LogP contribution is 2.30. The van der Waals surface area contributed by atoms with Gasteiger partial charge in [0, 0.05) is 11.3 Å². The van der Waals surface area contributed by atoms with Crippen LogP contribution in [0.2, 0.25) is 0 Å². The number of carbonyl (C=O) groups is 1. The van der Waals surface area contributed by atoms with Crippen LogP contribution in [0.15, 0.2) is 54.7 Å². The second-order valence-electron chi connectivity index (χ2n) is 6.83. The summed E-state index contributed by atoms with van der Waals surface area (Å²) >= 11 is 0. The monoisotopic (exact) mass is 382 g/mol. The molecule has 5 nitrogen and oxygen atoms in total. The number of para-hydroxylation sites is 1. The Morgan fingerprint density at radius 1 is 1.11 bits per heavy atom. The third-order valence-corrected chi connectivity index (χ3v) is 4.94. The highest BCUT2D eigenvalue weighted by molar-refractivity contribution is 5.89. The Kier molecular flexibility index (Phi) is 5.06. The van der Waals surface area contributed by atoms with Gasteiger partial charge in [0.2, 0.25) is 0 Å². The molecule has 3 aromatic rings. The first-order chi connectivity index (χ1) is 13.6. The lowest BCUT2D eigenvalue weighted by Gasteiger charge is -2.24. The van der Waals surface area contributed by atoms with Crippen LogP contribution in [0.5, 0.6) is 0 Å². The van der Waals surface area contributed by atoms with E-state index in [1.165, 1.54) is 6.07 Å². The predicted molar refractivity (Wildman–Crippen MR) is 102 cm³/mol. The van der Waals surface area contributed by atoms with Crippen molar-refractivity contribution in [1.82, 2.24) is 15.1 Å². The average Bonchev–Trinajstić information content (AvgIpc) is 3.10. The molecular formula is C21H20F2N4O. The van der Waals surface area contributed by atoms with Crippen molar-refractivity contribution in [3.8, 4) is 0 Å². The second kappa shape index (κ2) is 7.80. The lowest BCUT2D eigenvalue weighted by molar-refractivity contribution is 0.246. The number of nitrogens with one attached hydrogen (secondary N) is 2. The topological polar surface area (TPSA) is 59.0 Å². The van der Waals surface area contributed by atoms with Crippen molar-refractivity contribution in [2.75, 3.05) is 5.32 Å². The molecule has 2 aromatic carbocycles. The minimum Gasteiger partial charge on any atom is -0.331 e. The largest absolute Gasteiger partial charge is 0.331 e. The van der Waals surface area contributed by atoms with E-state index < -0.39 is 23.4 Å². The van der Waals surface area contributed by atoms with Crippen LogP contribution in [0.1, 0.15) is 35.7 Å². The number of nitrogens with zero attached hydrogens (tertiary/aromatic N) is 2. The first kappa shape index (κ1) is 18.2. The van der Waals surface area contributed by atoms with Crippen molar-refractivity contribution in [2.45, 2.75) is 31.8 Å². The molecule has 1 heterocycles. The minimum atomic E-state index is -0.810. The van der Waals surface area contributed by atoms with Gasteiger partial charge < -0.3 is 10.6 Å². The molecule has 0 radical (unpaired) electrons. The number of benzene rings is 2. The summed E-state index contributed by atoms with van der Waals surface area (Å²) in [4.78, 5) is 12.3. The summed E-state index contributed by atoms with van der Waals surface area (Å²) in [5.41, 5.74) is 2.73. The number of carbonyl (C=O) groups excluding carboxylic acids is 1. The zero-order valence-corrected chi connectivity index (χ0v) is 15.2. The molecule has 1 aliphatic carbocycles. The number of urea groups is 1. The van der Waals surface area contributed by atoms with E-state index in [1.807, 2.05) is 35.0 Å². The second-order valence-corrected chi connectivity index (χ2v) is 6.83. The Labute approximate surface area is 161 Å². The SMILES string of the molecule is O=C(Nc1c(F)cccc1F)NC1CCCc2c1cnn2Cc1ccccc1. The molecule has 2 amide bonds. The fourth-order valence-electron chi connectivity index (χ4n) is 3.59. The van der Waals surface area contributed by atoms with Crippen molar-refractivity contribution in [3.05, 3.63) is 83.2 Å². The van der Waals surface area contributed by atoms with E-state index in [0.29, 0.717) is 6.54 Å². The fraction of sp³-hybridized carbons (Fsp3) is 0.238. The summed E-state index contributed by atoms with van der Waals surface area (Å²) in [6, 6.07) is 12.6. The molecule has 0 saturated carbocycles. The summed E-state index contributed by atoms with van der Waals surface area (Å²) in [7, 11) is 0. The quantitative estimate of drug-likeness (QED) is 0.702. The maximum atomic E-state index is 13.7. The molecule has 2 N–H and O–H groups in total. The van der Waals surface area contributed by atoms with E-state index >= 15 is 0 Å².